The Labute approximate surface area is 76.8 Å². The standard InChI is InChI=1S/C9H14N2S/c1-9(2)6(3-10)8(9)7-4-11-5-12-7/h4-6,8H,3,10H2,1-2H3/t6-,8+/m0/s1. The molecule has 0 aliphatic heterocycles. The predicted octanol–water partition coefficient (Wildman–Crippen LogP) is 1.84. The SMILES string of the molecule is CC1(C)[C@@H](CN)[C@@H]1c1cncs1. The fourth-order valence-electron chi connectivity index (χ4n) is 2.13. The first kappa shape index (κ1) is 8.20. The minimum Gasteiger partial charge on any atom is -0.330 e. The summed E-state index contributed by atoms with van der Waals surface area (Å²) >= 11 is 1.75. The molecule has 0 saturated heterocycles. The van der Waals surface area contributed by atoms with Crippen LogP contribution in [-0.2, 0) is 0 Å². The highest BCUT2D eigenvalue weighted by Crippen LogP contribution is 2.64. The lowest BCUT2D eigenvalue weighted by atomic mass is 10.1. The molecular formula is C9H14N2S. The van der Waals surface area contributed by atoms with Crippen LogP contribution in [0, 0.1) is 11.3 Å². The van der Waals surface area contributed by atoms with E-state index in [1.807, 2.05) is 11.7 Å². The van der Waals surface area contributed by atoms with Gasteiger partial charge in [-0.05, 0) is 17.9 Å². The van der Waals surface area contributed by atoms with Crippen LogP contribution in [0.15, 0.2) is 11.7 Å². The molecule has 2 nitrogen and oxygen atoms in total. The molecule has 1 aromatic heterocycles. The van der Waals surface area contributed by atoms with Gasteiger partial charge in [0.2, 0.25) is 0 Å². The van der Waals surface area contributed by atoms with Crippen LogP contribution in [0.3, 0.4) is 0 Å². The summed E-state index contributed by atoms with van der Waals surface area (Å²) in [6.45, 7) is 5.37. The first-order chi connectivity index (χ1) is 5.68. The molecule has 12 heavy (non-hydrogen) atoms. The normalized spacial score (nSPS) is 31.9. The van der Waals surface area contributed by atoms with E-state index < -0.39 is 0 Å². The molecule has 1 heterocycles. The van der Waals surface area contributed by atoms with Crippen LogP contribution in [0.2, 0.25) is 0 Å². The van der Waals surface area contributed by atoms with Crippen molar-refractivity contribution in [2.45, 2.75) is 19.8 Å². The van der Waals surface area contributed by atoms with Crippen LogP contribution in [-0.4, -0.2) is 11.5 Å². The van der Waals surface area contributed by atoms with Crippen LogP contribution in [0.1, 0.15) is 24.6 Å². The highest BCUT2D eigenvalue weighted by atomic mass is 32.1. The summed E-state index contributed by atoms with van der Waals surface area (Å²) in [7, 11) is 0. The summed E-state index contributed by atoms with van der Waals surface area (Å²) in [6.07, 6.45) is 1.98. The van der Waals surface area contributed by atoms with Crippen molar-refractivity contribution in [2.75, 3.05) is 6.54 Å². The number of thiazole rings is 1. The number of rotatable bonds is 2. The molecule has 0 bridgehead atoms. The predicted molar refractivity (Wildman–Crippen MR) is 51.2 cm³/mol. The van der Waals surface area contributed by atoms with E-state index >= 15 is 0 Å². The minimum atomic E-state index is 0.404. The Balaban J connectivity index is 2.19. The molecule has 1 aliphatic rings. The quantitative estimate of drug-likeness (QED) is 0.758. The van der Waals surface area contributed by atoms with Crippen molar-refractivity contribution in [3.8, 4) is 0 Å². The van der Waals surface area contributed by atoms with E-state index in [1.165, 1.54) is 4.88 Å². The van der Waals surface area contributed by atoms with E-state index in [-0.39, 0.29) is 0 Å². The van der Waals surface area contributed by atoms with Gasteiger partial charge in [-0.3, -0.25) is 4.98 Å². The van der Waals surface area contributed by atoms with Gasteiger partial charge in [0.15, 0.2) is 0 Å². The van der Waals surface area contributed by atoms with Crippen LogP contribution >= 0.6 is 11.3 Å². The second-order valence-corrected chi connectivity index (χ2v) is 4.96. The Morgan fingerprint density at radius 2 is 2.42 bits per heavy atom. The number of hydrogen-bond donors (Lipinski definition) is 1. The van der Waals surface area contributed by atoms with Crippen molar-refractivity contribution in [3.05, 3.63) is 16.6 Å². The molecule has 2 rings (SSSR count). The largest absolute Gasteiger partial charge is 0.330 e. The molecule has 2 atom stereocenters. The molecule has 0 amide bonds. The second-order valence-electron chi connectivity index (χ2n) is 4.05. The number of nitrogens with two attached hydrogens (primary N) is 1. The first-order valence-electron chi connectivity index (χ1n) is 4.26. The molecule has 1 aromatic rings. The number of nitrogens with zero attached hydrogens (tertiary/aromatic N) is 1. The first-order valence-corrected chi connectivity index (χ1v) is 5.14. The van der Waals surface area contributed by atoms with Crippen molar-refractivity contribution in [1.29, 1.82) is 0 Å². The molecule has 66 valence electrons. The van der Waals surface area contributed by atoms with E-state index in [4.69, 9.17) is 5.73 Å². The second kappa shape index (κ2) is 2.54. The third-order valence-corrected chi connectivity index (χ3v) is 3.92. The third kappa shape index (κ3) is 1.00. The zero-order valence-electron chi connectivity index (χ0n) is 7.45. The summed E-state index contributed by atoms with van der Waals surface area (Å²) in [5.41, 5.74) is 7.99. The summed E-state index contributed by atoms with van der Waals surface area (Å²) < 4.78 is 0. The van der Waals surface area contributed by atoms with Gasteiger partial charge in [-0.15, -0.1) is 11.3 Å². The fraction of sp³-hybridized carbons (Fsp3) is 0.667. The molecule has 1 fully saturated rings. The maximum absolute atomic E-state index is 5.69. The summed E-state index contributed by atoms with van der Waals surface area (Å²) in [4.78, 5) is 5.49. The van der Waals surface area contributed by atoms with Crippen molar-refractivity contribution in [2.24, 2.45) is 17.1 Å². The monoisotopic (exact) mass is 182 g/mol. The van der Waals surface area contributed by atoms with Crippen LogP contribution in [0.5, 0.6) is 0 Å². The van der Waals surface area contributed by atoms with Gasteiger partial charge >= 0.3 is 0 Å². The maximum atomic E-state index is 5.69. The molecular weight excluding hydrogens is 168 g/mol. The molecule has 0 spiro atoms. The van der Waals surface area contributed by atoms with E-state index in [2.05, 4.69) is 18.8 Å². The Hall–Kier alpha value is -0.410. The van der Waals surface area contributed by atoms with Gasteiger partial charge in [0, 0.05) is 17.0 Å². The van der Waals surface area contributed by atoms with Crippen LogP contribution < -0.4 is 5.73 Å². The summed E-state index contributed by atoms with van der Waals surface area (Å²) in [5.74, 6) is 1.33. The lowest BCUT2D eigenvalue weighted by Crippen LogP contribution is -2.05. The Morgan fingerprint density at radius 1 is 1.67 bits per heavy atom. The maximum Gasteiger partial charge on any atom is 0.0794 e. The Morgan fingerprint density at radius 3 is 2.83 bits per heavy atom. The van der Waals surface area contributed by atoms with Crippen molar-refractivity contribution >= 4 is 11.3 Å². The molecule has 1 saturated carbocycles. The van der Waals surface area contributed by atoms with E-state index in [9.17, 15) is 0 Å². The zero-order chi connectivity index (χ0) is 8.77. The molecule has 0 radical (unpaired) electrons. The van der Waals surface area contributed by atoms with Gasteiger partial charge in [0.05, 0.1) is 5.51 Å². The van der Waals surface area contributed by atoms with E-state index in [0.717, 1.165) is 6.54 Å². The van der Waals surface area contributed by atoms with Crippen molar-refractivity contribution in [1.82, 2.24) is 4.98 Å². The number of aromatic nitrogens is 1. The summed E-state index contributed by atoms with van der Waals surface area (Å²) in [6, 6.07) is 0. The van der Waals surface area contributed by atoms with Gasteiger partial charge in [0.1, 0.15) is 0 Å². The van der Waals surface area contributed by atoms with Gasteiger partial charge in [0.25, 0.3) is 0 Å². The average Bonchev–Trinajstić information content (AvgIpc) is 2.50. The zero-order valence-corrected chi connectivity index (χ0v) is 8.27. The lowest BCUT2D eigenvalue weighted by Gasteiger charge is -1.98. The Bertz CT molecular complexity index is 266. The van der Waals surface area contributed by atoms with Gasteiger partial charge in [-0.2, -0.15) is 0 Å². The number of hydrogen-bond acceptors (Lipinski definition) is 3. The Kier molecular flexibility index (Phi) is 1.73. The topological polar surface area (TPSA) is 38.9 Å². The molecule has 0 aromatic carbocycles. The minimum absolute atomic E-state index is 0.404. The van der Waals surface area contributed by atoms with Gasteiger partial charge in [-0.1, -0.05) is 13.8 Å². The molecule has 2 N–H and O–H groups in total. The highest BCUT2D eigenvalue weighted by Gasteiger charge is 2.57. The van der Waals surface area contributed by atoms with E-state index in [1.54, 1.807) is 11.3 Å². The third-order valence-electron chi connectivity index (χ3n) is 3.06. The van der Waals surface area contributed by atoms with Crippen molar-refractivity contribution in [3.63, 3.8) is 0 Å². The smallest absolute Gasteiger partial charge is 0.0794 e. The van der Waals surface area contributed by atoms with Crippen LogP contribution in [0.25, 0.3) is 0 Å². The average molecular weight is 182 g/mol. The molecule has 3 heteroatoms. The van der Waals surface area contributed by atoms with Gasteiger partial charge in [-0.25, -0.2) is 0 Å². The van der Waals surface area contributed by atoms with E-state index in [0.29, 0.717) is 17.3 Å². The fourth-order valence-corrected chi connectivity index (χ4v) is 3.11. The molecule has 0 unspecified atom stereocenters. The van der Waals surface area contributed by atoms with Crippen molar-refractivity contribution < 1.29 is 0 Å². The highest BCUT2D eigenvalue weighted by molar-refractivity contribution is 7.09. The van der Waals surface area contributed by atoms with Crippen LogP contribution in [0.4, 0.5) is 0 Å². The van der Waals surface area contributed by atoms with Gasteiger partial charge < -0.3 is 5.73 Å². The molecule has 1 aliphatic carbocycles. The summed E-state index contributed by atoms with van der Waals surface area (Å²) in [5, 5.41) is 0. The lowest BCUT2D eigenvalue weighted by molar-refractivity contribution is 0.559.